The zero-order valence-electron chi connectivity index (χ0n) is 16.4. The Morgan fingerprint density at radius 1 is 1.33 bits per heavy atom. The number of nitrogens with zero attached hydrogens (tertiary/aromatic N) is 3. The van der Waals surface area contributed by atoms with Gasteiger partial charge in [-0.15, -0.1) is 0 Å². The number of benzene rings is 1. The van der Waals surface area contributed by atoms with Crippen molar-refractivity contribution < 1.29 is 14.6 Å². The summed E-state index contributed by atoms with van der Waals surface area (Å²) in [4.78, 5) is 18.0. The summed E-state index contributed by atoms with van der Waals surface area (Å²) in [6, 6.07) is 5.81. The van der Waals surface area contributed by atoms with Crippen LogP contribution < -0.4 is 4.74 Å². The number of piperidine rings is 2. The molecule has 2 fully saturated rings. The normalized spacial score (nSPS) is 25.8. The predicted molar refractivity (Wildman–Crippen MR) is 106 cm³/mol. The van der Waals surface area contributed by atoms with Gasteiger partial charge < -0.3 is 19.6 Å². The number of ether oxygens (including phenoxy) is 1. The second-order valence-corrected chi connectivity index (χ2v) is 8.41. The highest BCUT2D eigenvalue weighted by Crippen LogP contribution is 2.35. The molecule has 6 nitrogen and oxygen atoms in total. The van der Waals surface area contributed by atoms with Crippen molar-refractivity contribution in [1.29, 1.82) is 0 Å². The van der Waals surface area contributed by atoms with Crippen LogP contribution in [0.5, 0.6) is 5.75 Å². The van der Waals surface area contributed by atoms with E-state index in [1.807, 2.05) is 30.0 Å². The first-order valence-electron chi connectivity index (χ1n) is 9.58. The van der Waals surface area contributed by atoms with Gasteiger partial charge in [0.1, 0.15) is 12.4 Å². The van der Waals surface area contributed by atoms with E-state index in [9.17, 15) is 9.90 Å². The van der Waals surface area contributed by atoms with Crippen LogP contribution in [0.1, 0.15) is 18.4 Å². The van der Waals surface area contributed by atoms with Crippen molar-refractivity contribution in [2.75, 3.05) is 53.4 Å². The van der Waals surface area contributed by atoms with E-state index < -0.39 is 5.60 Å². The van der Waals surface area contributed by atoms with Gasteiger partial charge in [0, 0.05) is 52.7 Å². The molecule has 0 saturated carbocycles. The van der Waals surface area contributed by atoms with Crippen LogP contribution >= 0.6 is 11.6 Å². The minimum Gasteiger partial charge on any atom is -0.491 e. The number of aryl methyl sites for hydroxylation is 1. The number of likely N-dealkylation sites (tertiary alicyclic amines) is 2. The van der Waals surface area contributed by atoms with Crippen LogP contribution in [-0.2, 0) is 0 Å². The number of carbonyl (C=O) groups is 1. The number of hydrogen-bond acceptors (Lipinski definition) is 4. The first-order valence-corrected chi connectivity index (χ1v) is 9.96. The molecule has 2 aliphatic rings. The number of carbonyl (C=O) groups excluding carboxylic acids is 1. The van der Waals surface area contributed by atoms with E-state index in [0.717, 1.165) is 31.6 Å². The molecule has 150 valence electrons. The molecule has 27 heavy (non-hydrogen) atoms. The summed E-state index contributed by atoms with van der Waals surface area (Å²) in [6.45, 7) is 6.18. The molecule has 2 saturated heterocycles. The van der Waals surface area contributed by atoms with Gasteiger partial charge in [0.2, 0.25) is 0 Å². The molecular weight excluding hydrogens is 366 g/mol. The summed E-state index contributed by atoms with van der Waals surface area (Å²) in [7, 11) is 3.54. The van der Waals surface area contributed by atoms with Gasteiger partial charge >= 0.3 is 6.03 Å². The molecular formula is C20H30ClN3O3. The summed E-state index contributed by atoms with van der Waals surface area (Å²) in [5.41, 5.74) is 0.456. The smallest absolute Gasteiger partial charge is 0.319 e. The Morgan fingerprint density at radius 2 is 2.07 bits per heavy atom. The van der Waals surface area contributed by atoms with E-state index in [0.29, 0.717) is 36.9 Å². The Bertz CT molecular complexity index is 684. The van der Waals surface area contributed by atoms with Crippen molar-refractivity contribution >= 4 is 17.6 Å². The first-order chi connectivity index (χ1) is 12.8. The Labute approximate surface area is 166 Å². The zero-order valence-corrected chi connectivity index (χ0v) is 17.2. The molecule has 2 atom stereocenters. The molecule has 3 rings (SSSR count). The van der Waals surface area contributed by atoms with Gasteiger partial charge in [-0.2, -0.15) is 0 Å². The topological polar surface area (TPSA) is 56.3 Å². The van der Waals surface area contributed by atoms with Crippen molar-refractivity contribution in [2.24, 2.45) is 5.92 Å². The van der Waals surface area contributed by atoms with Crippen LogP contribution in [0, 0.1) is 12.8 Å². The Hall–Kier alpha value is -1.50. The lowest BCUT2D eigenvalue weighted by Crippen LogP contribution is -2.61. The van der Waals surface area contributed by atoms with E-state index in [4.69, 9.17) is 16.3 Å². The van der Waals surface area contributed by atoms with Crippen molar-refractivity contribution in [2.45, 2.75) is 25.4 Å². The van der Waals surface area contributed by atoms with Crippen molar-refractivity contribution in [1.82, 2.24) is 14.7 Å². The summed E-state index contributed by atoms with van der Waals surface area (Å²) in [6.07, 6.45) is 1.40. The molecule has 0 spiro atoms. The standard InChI is InChI=1S/C20H30ClN3O3/c1-15-4-5-18(17(21)12-15)27-11-10-23-8-6-20(26)7-9-24(14-16(20)13-23)19(25)22(2)3/h4-5,12,16,26H,6-11,13-14H2,1-3H3/t16-,20-/m1/s1. The van der Waals surface area contributed by atoms with Gasteiger partial charge in [0.05, 0.1) is 10.6 Å². The molecule has 7 heteroatoms. The lowest BCUT2D eigenvalue weighted by atomic mass is 9.76. The first kappa shape index (κ1) is 20.2. The van der Waals surface area contributed by atoms with E-state index in [1.165, 1.54) is 0 Å². The lowest BCUT2D eigenvalue weighted by Gasteiger charge is -2.50. The average molecular weight is 396 g/mol. The predicted octanol–water partition coefficient (Wildman–Crippen LogP) is 2.47. The molecule has 1 aromatic rings. The van der Waals surface area contributed by atoms with Crippen LogP contribution in [0.4, 0.5) is 4.79 Å². The lowest BCUT2D eigenvalue weighted by molar-refractivity contribution is -0.108. The molecule has 2 amide bonds. The molecule has 0 bridgehead atoms. The molecule has 0 aromatic heterocycles. The van der Waals surface area contributed by atoms with Gasteiger partial charge in [0.15, 0.2) is 0 Å². The van der Waals surface area contributed by atoms with E-state index in [2.05, 4.69) is 4.90 Å². The van der Waals surface area contributed by atoms with Crippen LogP contribution in [-0.4, -0.2) is 84.9 Å². The fourth-order valence-electron chi connectivity index (χ4n) is 4.04. The SMILES string of the molecule is Cc1ccc(OCCN2CC[C@@]3(O)CCN(C(=O)N(C)C)C[C@H]3C2)c(Cl)c1. The highest BCUT2D eigenvalue weighted by atomic mass is 35.5. The van der Waals surface area contributed by atoms with Crippen molar-refractivity contribution in [3.05, 3.63) is 28.8 Å². The zero-order chi connectivity index (χ0) is 19.6. The summed E-state index contributed by atoms with van der Waals surface area (Å²) >= 11 is 6.22. The second-order valence-electron chi connectivity index (χ2n) is 8.01. The number of fused-ring (bicyclic) bond motifs is 1. The molecule has 2 heterocycles. The summed E-state index contributed by atoms with van der Waals surface area (Å²) in [5, 5.41) is 11.6. The van der Waals surface area contributed by atoms with Gasteiger partial charge in [-0.25, -0.2) is 4.79 Å². The Kier molecular flexibility index (Phi) is 6.18. The quantitative estimate of drug-likeness (QED) is 0.850. The third-order valence-corrected chi connectivity index (χ3v) is 6.06. The number of urea groups is 1. The third-order valence-electron chi connectivity index (χ3n) is 5.76. The molecule has 1 aromatic carbocycles. The van der Waals surface area contributed by atoms with E-state index in [-0.39, 0.29) is 11.9 Å². The number of hydrogen-bond donors (Lipinski definition) is 1. The Balaban J connectivity index is 1.53. The maximum absolute atomic E-state index is 12.3. The summed E-state index contributed by atoms with van der Waals surface area (Å²) in [5.74, 6) is 0.781. The van der Waals surface area contributed by atoms with Crippen molar-refractivity contribution in [3.8, 4) is 5.75 Å². The molecule has 0 unspecified atom stereocenters. The average Bonchev–Trinajstić information content (AvgIpc) is 2.62. The van der Waals surface area contributed by atoms with Crippen LogP contribution in [0.15, 0.2) is 18.2 Å². The molecule has 0 aliphatic carbocycles. The number of rotatable bonds is 4. The van der Waals surface area contributed by atoms with Crippen LogP contribution in [0.2, 0.25) is 5.02 Å². The van der Waals surface area contributed by atoms with E-state index in [1.54, 1.807) is 19.0 Å². The summed E-state index contributed by atoms with van der Waals surface area (Å²) < 4.78 is 5.84. The van der Waals surface area contributed by atoms with E-state index >= 15 is 0 Å². The van der Waals surface area contributed by atoms with Crippen molar-refractivity contribution in [3.63, 3.8) is 0 Å². The minimum atomic E-state index is -0.652. The monoisotopic (exact) mass is 395 g/mol. The van der Waals surface area contributed by atoms with Gasteiger partial charge in [-0.1, -0.05) is 17.7 Å². The number of amides is 2. The number of halogens is 1. The maximum atomic E-state index is 12.3. The molecule has 2 aliphatic heterocycles. The highest BCUT2D eigenvalue weighted by molar-refractivity contribution is 6.32. The van der Waals surface area contributed by atoms with Crippen LogP contribution in [0.3, 0.4) is 0 Å². The molecule has 1 N–H and O–H groups in total. The third kappa shape index (κ3) is 4.68. The highest BCUT2D eigenvalue weighted by Gasteiger charge is 2.45. The van der Waals surface area contributed by atoms with Gasteiger partial charge in [-0.3, -0.25) is 4.90 Å². The fraction of sp³-hybridized carbons (Fsp3) is 0.650. The maximum Gasteiger partial charge on any atom is 0.319 e. The Morgan fingerprint density at radius 3 is 2.78 bits per heavy atom. The van der Waals surface area contributed by atoms with Gasteiger partial charge in [0.25, 0.3) is 0 Å². The minimum absolute atomic E-state index is 0.0199. The largest absolute Gasteiger partial charge is 0.491 e. The second kappa shape index (κ2) is 8.25. The van der Waals surface area contributed by atoms with Crippen LogP contribution in [0.25, 0.3) is 0 Å². The number of aliphatic hydroxyl groups is 1. The van der Waals surface area contributed by atoms with Gasteiger partial charge in [-0.05, 0) is 37.5 Å². The fourth-order valence-corrected chi connectivity index (χ4v) is 4.33. The molecule has 0 radical (unpaired) electrons.